The Morgan fingerprint density at radius 3 is 2.57 bits per heavy atom. The van der Waals surface area contributed by atoms with Crippen LogP contribution in [0, 0.1) is 10.1 Å². The van der Waals surface area contributed by atoms with Gasteiger partial charge in [-0.05, 0) is 37.3 Å². The Labute approximate surface area is 170 Å². The van der Waals surface area contributed by atoms with Crippen molar-refractivity contribution in [1.29, 1.82) is 0 Å². The lowest BCUT2D eigenvalue weighted by Crippen LogP contribution is -2.46. The molecule has 2 aromatic rings. The number of rotatable bonds is 8. The summed E-state index contributed by atoms with van der Waals surface area (Å²) in [6, 6.07) is 11.9. The molecule has 2 amide bonds. The quantitative estimate of drug-likeness (QED) is 0.492. The Bertz CT molecular complexity index is 857. The van der Waals surface area contributed by atoms with Crippen LogP contribution in [-0.2, 0) is 4.79 Å². The smallest absolute Gasteiger partial charge is 0.270 e. The molecule has 0 aromatic heterocycles. The highest BCUT2D eigenvalue weighted by molar-refractivity contribution is 9.10. The lowest BCUT2D eigenvalue weighted by molar-refractivity contribution is -0.384. The maximum atomic E-state index is 12.4. The lowest BCUT2D eigenvalue weighted by atomic mass is 10.1. The Balaban J connectivity index is 1.85. The molecule has 0 fully saturated rings. The van der Waals surface area contributed by atoms with Gasteiger partial charge in [-0.15, -0.1) is 0 Å². The normalized spacial score (nSPS) is 11.4. The van der Waals surface area contributed by atoms with Crippen LogP contribution in [-0.4, -0.2) is 47.9 Å². The summed E-state index contributed by atoms with van der Waals surface area (Å²) in [6.07, 6.45) is 0. The van der Waals surface area contributed by atoms with Crippen LogP contribution >= 0.6 is 15.9 Å². The molecule has 0 bridgehead atoms. The van der Waals surface area contributed by atoms with Crippen LogP contribution in [0.25, 0.3) is 0 Å². The second-order valence-corrected chi connectivity index (χ2v) is 6.98. The zero-order valence-electron chi connectivity index (χ0n) is 15.4. The number of hydrogen-bond acceptors (Lipinski definition) is 5. The summed E-state index contributed by atoms with van der Waals surface area (Å²) in [5.41, 5.74) is -0.0658. The monoisotopic (exact) mass is 449 g/mol. The number of amides is 2. The van der Waals surface area contributed by atoms with E-state index >= 15 is 0 Å². The van der Waals surface area contributed by atoms with Crippen LogP contribution in [0.3, 0.4) is 0 Å². The van der Waals surface area contributed by atoms with Gasteiger partial charge < -0.3 is 15.0 Å². The van der Waals surface area contributed by atoms with E-state index in [4.69, 9.17) is 4.74 Å². The SMILES string of the molecule is CC(NC(=O)c1cccc([N+](=O)[O-])c1)C(=O)N(C)CCOc1ccc(Br)cc1. The minimum atomic E-state index is -0.788. The zero-order chi connectivity index (χ0) is 20.7. The van der Waals surface area contributed by atoms with Crippen molar-refractivity contribution >= 4 is 33.4 Å². The van der Waals surface area contributed by atoms with Crippen molar-refractivity contribution in [1.82, 2.24) is 10.2 Å². The van der Waals surface area contributed by atoms with Gasteiger partial charge in [0, 0.05) is 29.2 Å². The minimum absolute atomic E-state index is 0.120. The first-order valence-electron chi connectivity index (χ1n) is 8.46. The topological polar surface area (TPSA) is 102 Å². The van der Waals surface area contributed by atoms with Crippen molar-refractivity contribution in [3.63, 3.8) is 0 Å². The summed E-state index contributed by atoms with van der Waals surface area (Å²) >= 11 is 3.34. The Kier molecular flexibility index (Phi) is 7.51. The van der Waals surface area contributed by atoms with Gasteiger partial charge in [0.2, 0.25) is 5.91 Å². The van der Waals surface area contributed by atoms with Crippen LogP contribution in [0.4, 0.5) is 5.69 Å². The number of likely N-dealkylation sites (N-methyl/N-ethyl adjacent to an activating group) is 1. The third-order valence-corrected chi connectivity index (χ3v) is 4.45. The third kappa shape index (κ3) is 6.05. The van der Waals surface area contributed by atoms with E-state index < -0.39 is 16.9 Å². The molecule has 0 aliphatic rings. The van der Waals surface area contributed by atoms with E-state index in [9.17, 15) is 19.7 Å². The fourth-order valence-electron chi connectivity index (χ4n) is 2.37. The maximum absolute atomic E-state index is 12.4. The number of carbonyl (C=O) groups is 2. The number of ether oxygens (including phenoxy) is 1. The molecule has 0 radical (unpaired) electrons. The van der Waals surface area contributed by atoms with E-state index in [0.717, 1.165) is 4.47 Å². The van der Waals surface area contributed by atoms with E-state index in [-0.39, 0.29) is 17.2 Å². The Morgan fingerprint density at radius 1 is 1.25 bits per heavy atom. The summed E-state index contributed by atoms with van der Waals surface area (Å²) in [5.74, 6) is -0.154. The number of halogens is 1. The molecule has 1 unspecified atom stereocenters. The fraction of sp³-hybridized carbons (Fsp3) is 0.263. The summed E-state index contributed by atoms with van der Waals surface area (Å²) in [4.78, 5) is 36.4. The van der Waals surface area contributed by atoms with Crippen LogP contribution in [0.2, 0.25) is 0 Å². The van der Waals surface area contributed by atoms with Gasteiger partial charge >= 0.3 is 0 Å². The first kappa shape index (κ1) is 21.4. The molecule has 0 heterocycles. The van der Waals surface area contributed by atoms with Gasteiger partial charge in [0.05, 0.1) is 11.5 Å². The maximum Gasteiger partial charge on any atom is 0.270 e. The van der Waals surface area contributed by atoms with Crippen LogP contribution < -0.4 is 10.1 Å². The van der Waals surface area contributed by atoms with Gasteiger partial charge in [-0.25, -0.2) is 0 Å². The molecule has 28 heavy (non-hydrogen) atoms. The van der Waals surface area contributed by atoms with Crippen LogP contribution in [0.15, 0.2) is 53.0 Å². The van der Waals surface area contributed by atoms with E-state index in [1.807, 2.05) is 24.3 Å². The predicted molar refractivity (Wildman–Crippen MR) is 107 cm³/mol. The number of hydrogen-bond donors (Lipinski definition) is 1. The fourth-order valence-corrected chi connectivity index (χ4v) is 2.64. The summed E-state index contributed by atoms with van der Waals surface area (Å²) in [6.45, 7) is 2.20. The second-order valence-electron chi connectivity index (χ2n) is 6.06. The summed E-state index contributed by atoms with van der Waals surface area (Å²) < 4.78 is 6.53. The molecule has 0 aliphatic heterocycles. The molecule has 1 atom stereocenters. The van der Waals surface area contributed by atoms with Crippen molar-refractivity contribution in [3.05, 3.63) is 68.7 Å². The molecule has 0 saturated heterocycles. The van der Waals surface area contributed by atoms with Gasteiger partial charge in [0.15, 0.2) is 0 Å². The summed E-state index contributed by atoms with van der Waals surface area (Å²) in [7, 11) is 1.61. The number of nitro benzene ring substituents is 1. The van der Waals surface area contributed by atoms with Gasteiger partial charge in [-0.2, -0.15) is 0 Å². The van der Waals surface area contributed by atoms with Gasteiger partial charge in [0.1, 0.15) is 18.4 Å². The highest BCUT2D eigenvalue weighted by Crippen LogP contribution is 2.16. The number of nitrogens with one attached hydrogen (secondary N) is 1. The van der Waals surface area contributed by atoms with Gasteiger partial charge in [-0.1, -0.05) is 22.0 Å². The molecule has 2 rings (SSSR count). The zero-order valence-corrected chi connectivity index (χ0v) is 17.0. The molecule has 0 saturated carbocycles. The first-order chi connectivity index (χ1) is 13.3. The van der Waals surface area contributed by atoms with Gasteiger partial charge in [0.25, 0.3) is 11.6 Å². The van der Waals surface area contributed by atoms with Gasteiger partial charge in [-0.3, -0.25) is 19.7 Å². The molecule has 0 spiro atoms. The van der Waals surface area contributed by atoms with E-state index in [1.54, 1.807) is 14.0 Å². The minimum Gasteiger partial charge on any atom is -0.492 e. The van der Waals surface area contributed by atoms with E-state index in [1.165, 1.54) is 29.2 Å². The van der Waals surface area contributed by atoms with E-state index in [2.05, 4.69) is 21.2 Å². The van der Waals surface area contributed by atoms with Crippen molar-refractivity contribution in [3.8, 4) is 5.75 Å². The van der Waals surface area contributed by atoms with E-state index in [0.29, 0.717) is 18.9 Å². The highest BCUT2D eigenvalue weighted by atomic mass is 79.9. The Hall–Kier alpha value is -2.94. The second kappa shape index (κ2) is 9.84. The molecule has 0 aliphatic carbocycles. The number of benzene rings is 2. The van der Waals surface area contributed by atoms with Crippen molar-refractivity contribution in [2.75, 3.05) is 20.2 Å². The molecule has 148 valence electrons. The number of carbonyl (C=O) groups excluding carboxylic acids is 2. The summed E-state index contributed by atoms with van der Waals surface area (Å²) in [5, 5.41) is 13.4. The molecule has 2 aromatic carbocycles. The number of nitrogens with zero attached hydrogens (tertiary/aromatic N) is 2. The molecule has 8 nitrogen and oxygen atoms in total. The lowest BCUT2D eigenvalue weighted by Gasteiger charge is -2.22. The van der Waals surface area contributed by atoms with Crippen LogP contribution in [0.1, 0.15) is 17.3 Å². The molecular formula is C19H20BrN3O5. The molecule has 1 N–H and O–H groups in total. The molecule has 9 heteroatoms. The van der Waals surface area contributed by atoms with Crippen molar-refractivity contribution in [2.24, 2.45) is 0 Å². The average molecular weight is 450 g/mol. The predicted octanol–water partition coefficient (Wildman–Crippen LogP) is 3.01. The van der Waals surface area contributed by atoms with Crippen molar-refractivity contribution < 1.29 is 19.2 Å². The highest BCUT2D eigenvalue weighted by Gasteiger charge is 2.21. The van der Waals surface area contributed by atoms with Crippen molar-refractivity contribution in [2.45, 2.75) is 13.0 Å². The number of non-ortho nitro benzene ring substituents is 1. The number of nitro groups is 1. The third-order valence-electron chi connectivity index (χ3n) is 3.92. The Morgan fingerprint density at radius 2 is 1.93 bits per heavy atom. The standard InChI is InChI=1S/C19H20BrN3O5/c1-13(21-18(24)14-4-3-5-16(12-14)23(26)27)19(25)22(2)10-11-28-17-8-6-15(20)7-9-17/h3-9,12-13H,10-11H2,1-2H3,(H,21,24). The van der Waals surface area contributed by atoms with Crippen LogP contribution in [0.5, 0.6) is 5.75 Å². The average Bonchev–Trinajstić information content (AvgIpc) is 2.68. The largest absolute Gasteiger partial charge is 0.492 e. The molecular weight excluding hydrogens is 430 g/mol. The first-order valence-corrected chi connectivity index (χ1v) is 9.26.